The molecule has 2 aliphatic rings. The lowest BCUT2D eigenvalue weighted by molar-refractivity contribution is -0.0165. The summed E-state index contributed by atoms with van der Waals surface area (Å²) >= 11 is 1.65. The van der Waals surface area contributed by atoms with Crippen LogP contribution in [0.4, 0.5) is 0 Å². The van der Waals surface area contributed by atoms with Crippen molar-refractivity contribution >= 4 is 17.0 Å². The number of phenolic OH excluding ortho intramolecular Hbond substituents is 1. The number of fused-ring (bicyclic) bond motifs is 3. The van der Waals surface area contributed by atoms with Crippen LogP contribution >= 0.6 is 11.3 Å². The van der Waals surface area contributed by atoms with Crippen LogP contribution in [0.5, 0.6) is 17.2 Å². The molecule has 27 heavy (non-hydrogen) atoms. The number of phenols is 1. The highest BCUT2D eigenvalue weighted by atomic mass is 32.1. The number of hydrogen-bond donors (Lipinski definition) is 1. The molecule has 0 fully saturated rings. The third-order valence-corrected chi connectivity index (χ3v) is 5.90. The van der Waals surface area contributed by atoms with E-state index in [0.29, 0.717) is 17.7 Å². The highest BCUT2D eigenvalue weighted by molar-refractivity contribution is 7.10. The maximum atomic E-state index is 10.4. The zero-order valence-electron chi connectivity index (χ0n) is 14.7. The molecule has 0 aliphatic carbocycles. The number of ether oxygens (including phenoxy) is 2. The van der Waals surface area contributed by atoms with Crippen LogP contribution in [0.2, 0.25) is 0 Å². The fraction of sp³-hybridized carbons (Fsp3) is 0.190. The first kappa shape index (κ1) is 16.2. The Morgan fingerprint density at radius 1 is 1.19 bits per heavy atom. The van der Waals surface area contributed by atoms with E-state index < -0.39 is 0 Å². The van der Waals surface area contributed by atoms with Crippen LogP contribution in [0.1, 0.15) is 34.7 Å². The van der Waals surface area contributed by atoms with Crippen LogP contribution in [-0.2, 0) is 0 Å². The molecule has 0 bridgehead atoms. The summed E-state index contributed by atoms with van der Waals surface area (Å²) in [6, 6.07) is 17.5. The second-order valence-corrected chi connectivity index (χ2v) is 7.53. The minimum absolute atomic E-state index is 0.0719. The number of methoxy groups -OCH3 is 1. The van der Waals surface area contributed by atoms with Gasteiger partial charge >= 0.3 is 0 Å². The van der Waals surface area contributed by atoms with Crippen LogP contribution < -0.4 is 9.47 Å². The predicted molar refractivity (Wildman–Crippen MR) is 105 cm³/mol. The lowest BCUT2D eigenvalue weighted by atomic mass is 9.96. The van der Waals surface area contributed by atoms with Gasteiger partial charge in [0.1, 0.15) is 17.2 Å². The van der Waals surface area contributed by atoms with Gasteiger partial charge in [-0.2, -0.15) is 5.10 Å². The lowest BCUT2D eigenvalue weighted by Crippen LogP contribution is -2.33. The average Bonchev–Trinajstić information content (AvgIpc) is 3.38. The molecule has 136 valence electrons. The minimum Gasteiger partial charge on any atom is -0.507 e. The van der Waals surface area contributed by atoms with Gasteiger partial charge in [-0.3, -0.25) is 0 Å². The predicted octanol–water partition coefficient (Wildman–Crippen LogP) is 4.70. The summed E-state index contributed by atoms with van der Waals surface area (Å²) in [7, 11) is 1.62. The molecule has 3 aromatic rings. The monoisotopic (exact) mass is 378 g/mol. The quantitative estimate of drug-likeness (QED) is 0.717. The minimum atomic E-state index is -0.268. The fourth-order valence-electron chi connectivity index (χ4n) is 3.69. The Kier molecular flexibility index (Phi) is 3.79. The normalized spacial score (nSPS) is 20.5. The third kappa shape index (κ3) is 2.64. The Balaban J connectivity index is 1.60. The van der Waals surface area contributed by atoms with Crippen molar-refractivity contribution in [3.05, 3.63) is 76.0 Å². The Hall–Kier alpha value is -2.99. The Morgan fingerprint density at radius 2 is 2.07 bits per heavy atom. The first-order valence-electron chi connectivity index (χ1n) is 8.77. The SMILES string of the molecule is COc1ccc(O)c(C2=NN3[C@@H](c4cccs4)Oc4ccccc4[C@@H]3C2)c1. The molecular weight excluding hydrogens is 360 g/mol. The van der Waals surface area contributed by atoms with Gasteiger partial charge in [0.15, 0.2) is 0 Å². The molecule has 0 radical (unpaired) electrons. The van der Waals surface area contributed by atoms with Crippen molar-refractivity contribution in [2.24, 2.45) is 5.10 Å². The highest BCUT2D eigenvalue weighted by Crippen LogP contribution is 2.48. The van der Waals surface area contributed by atoms with E-state index in [0.717, 1.165) is 21.9 Å². The van der Waals surface area contributed by atoms with Gasteiger partial charge in [0.2, 0.25) is 6.23 Å². The summed E-state index contributed by atoms with van der Waals surface area (Å²) in [6.45, 7) is 0. The number of benzene rings is 2. The second kappa shape index (κ2) is 6.32. The van der Waals surface area contributed by atoms with Crippen molar-refractivity contribution in [3.8, 4) is 17.2 Å². The summed E-state index contributed by atoms with van der Waals surface area (Å²) < 4.78 is 11.6. The van der Waals surface area contributed by atoms with Gasteiger partial charge in [-0.1, -0.05) is 24.3 Å². The topological polar surface area (TPSA) is 54.3 Å². The Labute approximate surface area is 161 Å². The maximum Gasteiger partial charge on any atom is 0.222 e. The Bertz CT molecular complexity index is 1020. The molecule has 1 aromatic heterocycles. The van der Waals surface area contributed by atoms with Crippen molar-refractivity contribution in [1.82, 2.24) is 5.01 Å². The number of hydrazone groups is 1. The van der Waals surface area contributed by atoms with E-state index in [4.69, 9.17) is 14.6 Å². The number of thiophene rings is 1. The molecule has 2 aliphatic heterocycles. The second-order valence-electron chi connectivity index (χ2n) is 6.55. The molecule has 0 spiro atoms. The van der Waals surface area contributed by atoms with Gasteiger partial charge < -0.3 is 14.6 Å². The molecule has 5 nitrogen and oxygen atoms in total. The number of aromatic hydroxyl groups is 1. The van der Waals surface area contributed by atoms with E-state index >= 15 is 0 Å². The molecule has 0 unspecified atom stereocenters. The molecule has 6 heteroatoms. The summed E-state index contributed by atoms with van der Waals surface area (Å²) in [4.78, 5) is 1.11. The van der Waals surface area contributed by atoms with Gasteiger partial charge in [0, 0.05) is 17.5 Å². The lowest BCUT2D eigenvalue weighted by Gasteiger charge is -2.37. The summed E-state index contributed by atoms with van der Waals surface area (Å²) in [5, 5.41) is 19.3. The van der Waals surface area contributed by atoms with E-state index in [9.17, 15) is 5.11 Å². The van der Waals surface area contributed by atoms with E-state index in [2.05, 4.69) is 12.1 Å². The molecule has 0 saturated carbocycles. The molecule has 2 atom stereocenters. The fourth-order valence-corrected chi connectivity index (χ4v) is 4.43. The molecule has 0 amide bonds. The van der Waals surface area contributed by atoms with Crippen LogP contribution in [0.25, 0.3) is 0 Å². The van der Waals surface area contributed by atoms with E-state index in [1.54, 1.807) is 30.6 Å². The van der Waals surface area contributed by atoms with Gasteiger partial charge in [-0.25, -0.2) is 5.01 Å². The smallest absolute Gasteiger partial charge is 0.222 e. The molecule has 2 aromatic carbocycles. The molecular formula is C21H18N2O3S. The Morgan fingerprint density at radius 3 is 2.89 bits per heavy atom. The molecule has 1 N–H and O–H groups in total. The van der Waals surface area contributed by atoms with Gasteiger partial charge in [0.05, 0.1) is 23.7 Å². The summed E-state index contributed by atoms with van der Waals surface area (Å²) in [5.74, 6) is 1.79. The third-order valence-electron chi connectivity index (χ3n) is 5.00. The van der Waals surface area contributed by atoms with Crippen molar-refractivity contribution in [3.63, 3.8) is 0 Å². The standard InChI is InChI=1S/C21H18N2O3S/c1-25-13-8-9-18(24)15(11-13)16-12-17-14-5-2-3-6-19(14)26-21(23(17)22-16)20-7-4-10-27-20/h2-11,17,21,24H,12H2,1H3/t17-,21+/m0/s1. The first-order chi connectivity index (χ1) is 13.2. The van der Waals surface area contributed by atoms with Crippen LogP contribution in [-0.4, -0.2) is 22.9 Å². The number of para-hydroxylation sites is 1. The average molecular weight is 378 g/mol. The van der Waals surface area contributed by atoms with E-state index in [1.165, 1.54) is 0 Å². The van der Waals surface area contributed by atoms with Gasteiger partial charge in [-0.15, -0.1) is 11.3 Å². The summed E-state index contributed by atoms with van der Waals surface area (Å²) in [6.07, 6.45) is 0.429. The van der Waals surface area contributed by atoms with Crippen LogP contribution in [0.15, 0.2) is 65.1 Å². The zero-order chi connectivity index (χ0) is 18.4. The van der Waals surface area contributed by atoms with Gasteiger partial charge in [0.25, 0.3) is 0 Å². The number of rotatable bonds is 3. The van der Waals surface area contributed by atoms with Crippen LogP contribution in [0, 0.1) is 0 Å². The highest BCUT2D eigenvalue weighted by Gasteiger charge is 2.41. The molecule has 5 rings (SSSR count). The number of nitrogens with zero attached hydrogens (tertiary/aromatic N) is 2. The van der Waals surface area contributed by atoms with Crippen LogP contribution in [0.3, 0.4) is 0 Å². The van der Waals surface area contributed by atoms with Gasteiger partial charge in [-0.05, 0) is 35.7 Å². The molecule has 0 saturated heterocycles. The van der Waals surface area contributed by atoms with Crippen molar-refractivity contribution in [1.29, 1.82) is 0 Å². The summed E-state index contributed by atoms with van der Waals surface area (Å²) in [5.41, 5.74) is 2.65. The maximum absolute atomic E-state index is 10.4. The first-order valence-corrected chi connectivity index (χ1v) is 9.65. The van der Waals surface area contributed by atoms with Crippen molar-refractivity contribution < 1.29 is 14.6 Å². The molecule has 3 heterocycles. The largest absolute Gasteiger partial charge is 0.507 e. The number of hydrogen-bond acceptors (Lipinski definition) is 6. The van der Waals surface area contributed by atoms with Crippen molar-refractivity contribution in [2.45, 2.75) is 18.7 Å². The zero-order valence-corrected chi connectivity index (χ0v) is 15.5. The van der Waals surface area contributed by atoms with E-state index in [1.807, 2.05) is 40.7 Å². The van der Waals surface area contributed by atoms with E-state index in [-0.39, 0.29) is 18.0 Å². The van der Waals surface area contributed by atoms with Crippen molar-refractivity contribution in [2.75, 3.05) is 7.11 Å².